The van der Waals surface area contributed by atoms with E-state index in [1.54, 1.807) is 18.3 Å². The van der Waals surface area contributed by atoms with Gasteiger partial charge in [-0.2, -0.15) is 0 Å². The fourth-order valence-corrected chi connectivity index (χ4v) is 2.60. The third-order valence-corrected chi connectivity index (χ3v) is 3.95. The molecule has 5 nitrogen and oxygen atoms in total. The molecular weight excluding hydrogens is 324 g/mol. The van der Waals surface area contributed by atoms with Crippen molar-refractivity contribution in [1.29, 1.82) is 0 Å². The largest absolute Gasteiger partial charge is 0.378 e. The van der Waals surface area contributed by atoms with E-state index in [2.05, 4.69) is 47.9 Å². The molecule has 0 aliphatic rings. The number of anilines is 1. The maximum absolute atomic E-state index is 12.1. The molecule has 0 aliphatic carbocycles. The fourth-order valence-electron chi connectivity index (χ4n) is 2.33. The number of carbonyl (C=O) groups is 1. The minimum absolute atomic E-state index is 0.143. The molecule has 2 aromatic rings. The summed E-state index contributed by atoms with van der Waals surface area (Å²) in [4.78, 5) is 16.5. The second-order valence-electron chi connectivity index (χ2n) is 6.50. The first kappa shape index (κ1) is 18.3. The zero-order valence-electron chi connectivity index (χ0n) is 14.6. The van der Waals surface area contributed by atoms with Crippen LogP contribution in [-0.2, 0) is 6.54 Å². The highest BCUT2D eigenvalue weighted by molar-refractivity contribution is 6.34. The van der Waals surface area contributed by atoms with E-state index in [-0.39, 0.29) is 5.91 Å². The Morgan fingerprint density at radius 3 is 2.67 bits per heavy atom. The molecular formula is C18H25ClN4O. The highest BCUT2D eigenvalue weighted by Crippen LogP contribution is 2.21. The van der Waals surface area contributed by atoms with Crippen LogP contribution in [0.2, 0.25) is 5.02 Å². The van der Waals surface area contributed by atoms with Gasteiger partial charge in [-0.15, -0.1) is 0 Å². The Hall–Kier alpha value is -2.01. The highest BCUT2D eigenvalue weighted by atomic mass is 35.5. The summed E-state index contributed by atoms with van der Waals surface area (Å²) in [5.74, 6) is 1.22. The van der Waals surface area contributed by atoms with E-state index in [4.69, 9.17) is 11.6 Å². The van der Waals surface area contributed by atoms with Crippen molar-refractivity contribution in [3.05, 3.63) is 47.0 Å². The molecule has 2 N–H and O–H groups in total. The van der Waals surface area contributed by atoms with Crippen LogP contribution in [0.1, 0.15) is 49.9 Å². The molecule has 1 aromatic heterocycles. The van der Waals surface area contributed by atoms with Crippen LogP contribution in [0.4, 0.5) is 5.69 Å². The predicted octanol–water partition coefficient (Wildman–Crippen LogP) is 4.12. The number of hydrogen-bond donors (Lipinski definition) is 2. The summed E-state index contributed by atoms with van der Waals surface area (Å²) < 4.78 is 2.11. The van der Waals surface area contributed by atoms with E-state index in [9.17, 15) is 4.79 Å². The number of imidazole rings is 1. The first-order valence-electron chi connectivity index (χ1n) is 8.21. The Balaban J connectivity index is 2.01. The number of aromatic nitrogens is 2. The van der Waals surface area contributed by atoms with Gasteiger partial charge in [0.05, 0.1) is 17.1 Å². The summed E-state index contributed by atoms with van der Waals surface area (Å²) in [5.41, 5.74) is 1.35. The first-order chi connectivity index (χ1) is 11.4. The van der Waals surface area contributed by atoms with Gasteiger partial charge in [0.2, 0.25) is 0 Å². The molecule has 1 heterocycles. The van der Waals surface area contributed by atoms with Crippen LogP contribution in [0.3, 0.4) is 0 Å². The van der Waals surface area contributed by atoms with Crippen molar-refractivity contribution in [2.24, 2.45) is 5.92 Å². The Kier molecular flexibility index (Phi) is 6.26. The molecule has 0 saturated carbocycles. The van der Waals surface area contributed by atoms with E-state index >= 15 is 0 Å². The second-order valence-corrected chi connectivity index (χ2v) is 6.90. The van der Waals surface area contributed by atoms with Crippen LogP contribution in [-0.4, -0.2) is 22.0 Å². The number of halogens is 1. The smallest absolute Gasteiger partial charge is 0.252 e. The van der Waals surface area contributed by atoms with E-state index in [1.807, 2.05) is 12.3 Å². The van der Waals surface area contributed by atoms with Crippen molar-refractivity contribution in [3.8, 4) is 0 Å². The zero-order valence-corrected chi connectivity index (χ0v) is 15.4. The topological polar surface area (TPSA) is 59.0 Å². The fraction of sp³-hybridized carbons (Fsp3) is 0.444. The van der Waals surface area contributed by atoms with E-state index in [1.165, 1.54) is 0 Å². The Labute approximate surface area is 148 Å². The number of hydrogen-bond acceptors (Lipinski definition) is 3. The summed E-state index contributed by atoms with van der Waals surface area (Å²) in [5, 5.41) is 6.61. The Bertz CT molecular complexity index is 694. The summed E-state index contributed by atoms with van der Waals surface area (Å²) in [6.45, 7) is 9.57. The molecule has 130 valence electrons. The lowest BCUT2D eigenvalue weighted by atomic mass is 10.1. The summed E-state index contributed by atoms with van der Waals surface area (Å²) in [6, 6.07) is 5.74. The minimum atomic E-state index is -0.143. The molecule has 1 aromatic carbocycles. The Morgan fingerprint density at radius 1 is 1.29 bits per heavy atom. The standard InChI is InChI=1S/C18H25ClN4O/c1-12(2)10-22-18(24)15-6-5-14(9-16(15)19)21-11-17-20-7-8-23(17)13(3)4/h5-9,12-13,21H,10-11H2,1-4H3,(H,22,24). The monoisotopic (exact) mass is 348 g/mol. The van der Waals surface area contributed by atoms with Crippen LogP contribution in [0.25, 0.3) is 0 Å². The van der Waals surface area contributed by atoms with E-state index in [0.717, 1.165) is 11.5 Å². The van der Waals surface area contributed by atoms with Gasteiger partial charge in [0.25, 0.3) is 5.91 Å². The SMILES string of the molecule is CC(C)CNC(=O)c1ccc(NCc2nccn2C(C)C)cc1Cl. The summed E-state index contributed by atoms with van der Waals surface area (Å²) >= 11 is 6.26. The first-order valence-corrected chi connectivity index (χ1v) is 8.59. The van der Waals surface area contributed by atoms with Gasteiger partial charge in [-0.3, -0.25) is 4.79 Å². The third-order valence-electron chi connectivity index (χ3n) is 3.64. The minimum Gasteiger partial charge on any atom is -0.378 e. The number of rotatable bonds is 7. The predicted molar refractivity (Wildman–Crippen MR) is 98.6 cm³/mol. The van der Waals surface area contributed by atoms with Gasteiger partial charge < -0.3 is 15.2 Å². The molecule has 6 heteroatoms. The van der Waals surface area contributed by atoms with Crippen molar-refractivity contribution < 1.29 is 4.79 Å². The number of nitrogens with zero attached hydrogens (tertiary/aromatic N) is 2. The van der Waals surface area contributed by atoms with Gasteiger partial charge in [0.15, 0.2) is 0 Å². The molecule has 0 unspecified atom stereocenters. The van der Waals surface area contributed by atoms with Crippen LogP contribution < -0.4 is 10.6 Å². The molecule has 0 radical (unpaired) electrons. The third kappa shape index (κ3) is 4.74. The van der Waals surface area contributed by atoms with Gasteiger partial charge in [-0.05, 0) is 38.0 Å². The van der Waals surface area contributed by atoms with Crippen LogP contribution in [0.15, 0.2) is 30.6 Å². The lowest BCUT2D eigenvalue weighted by molar-refractivity contribution is 0.0949. The number of carbonyl (C=O) groups excluding carboxylic acids is 1. The molecule has 0 aliphatic heterocycles. The summed E-state index contributed by atoms with van der Waals surface area (Å²) in [6.07, 6.45) is 3.77. The van der Waals surface area contributed by atoms with Crippen LogP contribution >= 0.6 is 11.6 Å². The number of benzene rings is 1. The molecule has 24 heavy (non-hydrogen) atoms. The van der Waals surface area contributed by atoms with Crippen molar-refractivity contribution >= 4 is 23.2 Å². The van der Waals surface area contributed by atoms with Crippen molar-refractivity contribution in [1.82, 2.24) is 14.9 Å². The van der Waals surface area contributed by atoms with Crippen molar-refractivity contribution in [2.75, 3.05) is 11.9 Å². The van der Waals surface area contributed by atoms with Crippen LogP contribution in [0.5, 0.6) is 0 Å². The average molecular weight is 349 g/mol. The lowest BCUT2D eigenvalue weighted by Gasteiger charge is -2.13. The molecule has 0 fully saturated rings. The molecule has 1 amide bonds. The van der Waals surface area contributed by atoms with Gasteiger partial charge in [0.1, 0.15) is 5.82 Å². The normalized spacial score (nSPS) is 11.1. The average Bonchev–Trinajstić information content (AvgIpc) is 2.99. The zero-order chi connectivity index (χ0) is 17.7. The maximum Gasteiger partial charge on any atom is 0.252 e. The Morgan fingerprint density at radius 2 is 2.04 bits per heavy atom. The molecule has 0 spiro atoms. The van der Waals surface area contributed by atoms with Crippen molar-refractivity contribution in [2.45, 2.75) is 40.3 Å². The molecule has 2 rings (SSSR count). The molecule has 0 atom stereocenters. The van der Waals surface area contributed by atoms with Gasteiger partial charge >= 0.3 is 0 Å². The van der Waals surface area contributed by atoms with Gasteiger partial charge in [0, 0.05) is 30.7 Å². The van der Waals surface area contributed by atoms with E-state index < -0.39 is 0 Å². The molecule has 0 bridgehead atoms. The molecule has 0 saturated heterocycles. The van der Waals surface area contributed by atoms with E-state index in [0.29, 0.717) is 35.6 Å². The highest BCUT2D eigenvalue weighted by Gasteiger charge is 2.12. The van der Waals surface area contributed by atoms with Gasteiger partial charge in [-0.25, -0.2) is 4.98 Å². The lowest BCUT2D eigenvalue weighted by Crippen LogP contribution is -2.27. The quantitative estimate of drug-likeness (QED) is 0.791. The summed E-state index contributed by atoms with van der Waals surface area (Å²) in [7, 11) is 0. The second kappa shape index (κ2) is 8.20. The number of amides is 1. The number of nitrogens with one attached hydrogen (secondary N) is 2. The van der Waals surface area contributed by atoms with Gasteiger partial charge in [-0.1, -0.05) is 25.4 Å². The van der Waals surface area contributed by atoms with Crippen LogP contribution in [0, 0.1) is 5.92 Å². The maximum atomic E-state index is 12.1. The van der Waals surface area contributed by atoms with Crippen molar-refractivity contribution in [3.63, 3.8) is 0 Å².